The third-order valence-electron chi connectivity index (χ3n) is 2.95. The van der Waals surface area contributed by atoms with Crippen molar-refractivity contribution >= 4 is 0 Å². The average Bonchev–Trinajstić information content (AvgIpc) is 2.38. The Balaban J connectivity index is 2.65. The van der Waals surface area contributed by atoms with E-state index in [1.165, 1.54) is 5.56 Å². The SMILES string of the molecule is COc1cc(C(C)C)ccc1CNCC(O)CN. The zero-order valence-corrected chi connectivity index (χ0v) is 11.4. The van der Waals surface area contributed by atoms with E-state index < -0.39 is 6.10 Å². The van der Waals surface area contributed by atoms with E-state index in [-0.39, 0.29) is 6.54 Å². The molecule has 1 atom stereocenters. The summed E-state index contributed by atoms with van der Waals surface area (Å²) in [6.45, 7) is 5.75. The fraction of sp³-hybridized carbons (Fsp3) is 0.571. The Hall–Kier alpha value is -1.10. The molecule has 1 aromatic rings. The molecule has 102 valence electrons. The number of aliphatic hydroxyl groups is 1. The van der Waals surface area contributed by atoms with Gasteiger partial charge < -0.3 is 20.9 Å². The molecule has 4 heteroatoms. The van der Waals surface area contributed by atoms with Crippen LogP contribution in [0.15, 0.2) is 18.2 Å². The Kier molecular flexibility index (Phi) is 6.12. The molecule has 0 aliphatic rings. The van der Waals surface area contributed by atoms with Gasteiger partial charge in [-0.2, -0.15) is 0 Å². The minimum absolute atomic E-state index is 0.274. The highest BCUT2D eigenvalue weighted by molar-refractivity contribution is 5.38. The molecule has 0 amide bonds. The lowest BCUT2D eigenvalue weighted by Gasteiger charge is -2.14. The Morgan fingerprint density at radius 2 is 2.11 bits per heavy atom. The van der Waals surface area contributed by atoms with Gasteiger partial charge in [0.05, 0.1) is 13.2 Å². The van der Waals surface area contributed by atoms with Crippen molar-refractivity contribution in [2.75, 3.05) is 20.2 Å². The first kappa shape index (κ1) is 15.0. The van der Waals surface area contributed by atoms with E-state index in [0.717, 1.165) is 11.3 Å². The van der Waals surface area contributed by atoms with Gasteiger partial charge in [0.15, 0.2) is 0 Å². The van der Waals surface area contributed by atoms with E-state index in [2.05, 4.69) is 37.4 Å². The molecule has 0 spiro atoms. The molecule has 1 aromatic carbocycles. The molecule has 0 aliphatic carbocycles. The van der Waals surface area contributed by atoms with Crippen molar-refractivity contribution in [2.45, 2.75) is 32.4 Å². The second-order valence-corrected chi connectivity index (χ2v) is 4.75. The fourth-order valence-electron chi connectivity index (χ4n) is 1.72. The third-order valence-corrected chi connectivity index (χ3v) is 2.95. The average molecular weight is 252 g/mol. The second-order valence-electron chi connectivity index (χ2n) is 4.75. The van der Waals surface area contributed by atoms with Gasteiger partial charge in [-0.15, -0.1) is 0 Å². The molecule has 0 saturated carbocycles. The van der Waals surface area contributed by atoms with Gasteiger partial charge in [0.2, 0.25) is 0 Å². The van der Waals surface area contributed by atoms with Gasteiger partial charge in [-0.3, -0.25) is 0 Å². The fourth-order valence-corrected chi connectivity index (χ4v) is 1.72. The summed E-state index contributed by atoms with van der Waals surface area (Å²) in [4.78, 5) is 0. The van der Waals surface area contributed by atoms with Crippen molar-refractivity contribution in [1.29, 1.82) is 0 Å². The highest BCUT2D eigenvalue weighted by Gasteiger charge is 2.07. The van der Waals surface area contributed by atoms with E-state index in [1.807, 2.05) is 0 Å². The van der Waals surface area contributed by atoms with Crippen LogP contribution in [0.1, 0.15) is 30.9 Å². The van der Waals surface area contributed by atoms with Gasteiger partial charge in [0.25, 0.3) is 0 Å². The van der Waals surface area contributed by atoms with Crippen molar-refractivity contribution in [2.24, 2.45) is 5.73 Å². The molecule has 0 saturated heterocycles. The Labute approximate surface area is 109 Å². The van der Waals surface area contributed by atoms with Crippen LogP contribution in [-0.2, 0) is 6.54 Å². The van der Waals surface area contributed by atoms with Crippen LogP contribution in [0.4, 0.5) is 0 Å². The number of nitrogens with one attached hydrogen (secondary N) is 1. The summed E-state index contributed by atoms with van der Waals surface area (Å²) in [6.07, 6.45) is -0.495. The van der Waals surface area contributed by atoms with Crippen LogP contribution in [0, 0.1) is 0 Å². The zero-order chi connectivity index (χ0) is 13.5. The first-order valence-corrected chi connectivity index (χ1v) is 6.34. The summed E-state index contributed by atoms with van der Waals surface area (Å²) in [6, 6.07) is 6.25. The summed E-state index contributed by atoms with van der Waals surface area (Å²) in [7, 11) is 1.68. The monoisotopic (exact) mass is 252 g/mol. The highest BCUT2D eigenvalue weighted by Crippen LogP contribution is 2.24. The highest BCUT2D eigenvalue weighted by atomic mass is 16.5. The second kappa shape index (κ2) is 7.36. The molecular formula is C14H24N2O2. The van der Waals surface area contributed by atoms with Gasteiger partial charge in [0, 0.05) is 25.2 Å². The van der Waals surface area contributed by atoms with Crippen LogP contribution < -0.4 is 15.8 Å². The minimum atomic E-state index is -0.495. The van der Waals surface area contributed by atoms with Gasteiger partial charge in [-0.05, 0) is 17.5 Å². The summed E-state index contributed by atoms with van der Waals surface area (Å²) in [5, 5.41) is 12.5. The lowest BCUT2D eigenvalue weighted by Crippen LogP contribution is -2.32. The summed E-state index contributed by atoms with van der Waals surface area (Å²) >= 11 is 0. The summed E-state index contributed by atoms with van der Waals surface area (Å²) in [5.74, 6) is 1.37. The maximum Gasteiger partial charge on any atom is 0.123 e. The Morgan fingerprint density at radius 3 is 2.67 bits per heavy atom. The topological polar surface area (TPSA) is 67.5 Å². The molecule has 4 nitrogen and oxygen atoms in total. The van der Waals surface area contributed by atoms with Gasteiger partial charge in [0.1, 0.15) is 5.75 Å². The van der Waals surface area contributed by atoms with E-state index in [9.17, 15) is 5.11 Å². The molecule has 0 radical (unpaired) electrons. The zero-order valence-electron chi connectivity index (χ0n) is 11.4. The molecule has 18 heavy (non-hydrogen) atoms. The van der Waals surface area contributed by atoms with Crippen molar-refractivity contribution in [3.63, 3.8) is 0 Å². The number of methoxy groups -OCH3 is 1. The maximum atomic E-state index is 9.36. The Morgan fingerprint density at radius 1 is 1.39 bits per heavy atom. The van der Waals surface area contributed by atoms with E-state index in [4.69, 9.17) is 10.5 Å². The third kappa shape index (κ3) is 4.29. The van der Waals surface area contributed by atoms with Crippen LogP contribution in [0.25, 0.3) is 0 Å². The first-order valence-electron chi connectivity index (χ1n) is 6.34. The minimum Gasteiger partial charge on any atom is -0.496 e. The number of aliphatic hydroxyl groups excluding tert-OH is 1. The standard InChI is InChI=1S/C14H24N2O2/c1-10(2)11-4-5-12(14(6-11)18-3)8-16-9-13(17)7-15/h4-6,10,13,16-17H,7-9,15H2,1-3H3. The molecule has 1 unspecified atom stereocenters. The molecule has 0 heterocycles. The van der Waals surface area contributed by atoms with E-state index in [1.54, 1.807) is 7.11 Å². The van der Waals surface area contributed by atoms with Crippen molar-refractivity contribution in [3.05, 3.63) is 29.3 Å². The molecule has 0 aliphatic heterocycles. The number of hydrogen-bond donors (Lipinski definition) is 3. The molecule has 0 bridgehead atoms. The number of hydrogen-bond acceptors (Lipinski definition) is 4. The number of ether oxygens (including phenoxy) is 1. The van der Waals surface area contributed by atoms with E-state index >= 15 is 0 Å². The van der Waals surface area contributed by atoms with Gasteiger partial charge in [-0.25, -0.2) is 0 Å². The first-order chi connectivity index (χ1) is 8.58. The summed E-state index contributed by atoms with van der Waals surface area (Å²) < 4.78 is 5.39. The Bertz CT molecular complexity index is 367. The summed E-state index contributed by atoms with van der Waals surface area (Å²) in [5.41, 5.74) is 7.70. The molecule has 0 aromatic heterocycles. The molecule has 0 fully saturated rings. The lowest BCUT2D eigenvalue weighted by atomic mass is 10.0. The molecule has 1 rings (SSSR count). The quantitative estimate of drug-likeness (QED) is 0.683. The van der Waals surface area contributed by atoms with Crippen LogP contribution in [0.3, 0.4) is 0 Å². The molecular weight excluding hydrogens is 228 g/mol. The normalized spacial score (nSPS) is 12.8. The predicted octanol–water partition coefficient (Wildman–Crippen LogP) is 1.23. The van der Waals surface area contributed by atoms with Crippen molar-refractivity contribution in [3.8, 4) is 5.75 Å². The van der Waals surface area contributed by atoms with Crippen molar-refractivity contribution in [1.82, 2.24) is 5.32 Å². The number of benzene rings is 1. The maximum absolute atomic E-state index is 9.36. The lowest BCUT2D eigenvalue weighted by molar-refractivity contribution is 0.179. The van der Waals surface area contributed by atoms with Crippen LogP contribution in [0.2, 0.25) is 0 Å². The van der Waals surface area contributed by atoms with Gasteiger partial charge in [-0.1, -0.05) is 26.0 Å². The molecule has 4 N–H and O–H groups in total. The predicted molar refractivity (Wildman–Crippen MR) is 73.9 cm³/mol. The van der Waals surface area contributed by atoms with Crippen LogP contribution in [0.5, 0.6) is 5.75 Å². The number of rotatable bonds is 7. The van der Waals surface area contributed by atoms with Crippen LogP contribution >= 0.6 is 0 Å². The van der Waals surface area contributed by atoms with Crippen LogP contribution in [-0.4, -0.2) is 31.4 Å². The van der Waals surface area contributed by atoms with E-state index in [0.29, 0.717) is 19.0 Å². The smallest absolute Gasteiger partial charge is 0.123 e. The largest absolute Gasteiger partial charge is 0.496 e. The van der Waals surface area contributed by atoms with Gasteiger partial charge >= 0.3 is 0 Å². The number of nitrogens with two attached hydrogens (primary N) is 1. The van der Waals surface area contributed by atoms with Crippen molar-refractivity contribution < 1.29 is 9.84 Å².